The second kappa shape index (κ2) is 5.57. The number of hydrogen-bond acceptors (Lipinski definition) is 2. The van der Waals surface area contributed by atoms with Crippen molar-refractivity contribution in [3.8, 4) is 0 Å². The summed E-state index contributed by atoms with van der Waals surface area (Å²) in [6, 6.07) is 0. The molecule has 12 heavy (non-hydrogen) atoms. The van der Waals surface area contributed by atoms with E-state index in [1.54, 1.807) is 7.05 Å². The molecule has 0 heterocycles. The second-order valence-electron chi connectivity index (χ2n) is 2.66. The predicted octanol–water partition coefficient (Wildman–Crippen LogP) is 0.623. The minimum atomic E-state index is -0.818. The molecule has 0 saturated heterocycles. The van der Waals surface area contributed by atoms with Gasteiger partial charge in [0.2, 0.25) is 5.91 Å². The van der Waals surface area contributed by atoms with Crippen LogP contribution in [0.25, 0.3) is 0 Å². The molecule has 1 amide bonds. The van der Waals surface area contributed by atoms with Gasteiger partial charge < -0.3 is 10.4 Å². The van der Waals surface area contributed by atoms with Gasteiger partial charge in [0.05, 0.1) is 5.92 Å². The Morgan fingerprint density at radius 2 is 2.08 bits per heavy atom. The molecule has 1 atom stereocenters. The monoisotopic (exact) mass is 173 g/mol. The van der Waals surface area contributed by atoms with Gasteiger partial charge in [-0.2, -0.15) is 0 Å². The summed E-state index contributed by atoms with van der Waals surface area (Å²) < 4.78 is 0. The van der Waals surface area contributed by atoms with E-state index in [1.165, 1.54) is 0 Å². The molecular formula is C8H15NO3. The van der Waals surface area contributed by atoms with Gasteiger partial charge in [0.1, 0.15) is 0 Å². The van der Waals surface area contributed by atoms with Crippen LogP contribution in [0, 0.1) is 5.92 Å². The van der Waals surface area contributed by atoms with Gasteiger partial charge in [-0.05, 0) is 12.8 Å². The predicted molar refractivity (Wildman–Crippen MR) is 44.7 cm³/mol. The SMILES string of the molecule is CC[C@@H](CCC(=O)NC)C(=O)O. The van der Waals surface area contributed by atoms with Crippen molar-refractivity contribution in [2.75, 3.05) is 7.05 Å². The lowest BCUT2D eigenvalue weighted by molar-refractivity contribution is -0.142. The van der Waals surface area contributed by atoms with E-state index in [0.29, 0.717) is 19.3 Å². The van der Waals surface area contributed by atoms with E-state index in [2.05, 4.69) is 5.32 Å². The highest BCUT2D eigenvalue weighted by Gasteiger charge is 2.15. The number of carboxylic acids is 1. The first-order valence-corrected chi connectivity index (χ1v) is 4.05. The Morgan fingerprint density at radius 1 is 1.50 bits per heavy atom. The zero-order chi connectivity index (χ0) is 9.56. The number of amides is 1. The third-order valence-electron chi connectivity index (χ3n) is 1.84. The highest BCUT2D eigenvalue weighted by Crippen LogP contribution is 2.10. The van der Waals surface area contributed by atoms with Crippen LogP contribution in [0.4, 0.5) is 0 Å². The van der Waals surface area contributed by atoms with Crippen molar-refractivity contribution in [1.82, 2.24) is 5.32 Å². The van der Waals surface area contributed by atoms with Crippen LogP contribution in [0.3, 0.4) is 0 Å². The summed E-state index contributed by atoms with van der Waals surface area (Å²) in [5.74, 6) is -1.31. The van der Waals surface area contributed by atoms with Crippen molar-refractivity contribution in [3.63, 3.8) is 0 Å². The van der Waals surface area contributed by atoms with Crippen LogP contribution < -0.4 is 5.32 Å². The Morgan fingerprint density at radius 3 is 2.42 bits per heavy atom. The number of aliphatic carboxylic acids is 1. The molecule has 0 aliphatic carbocycles. The van der Waals surface area contributed by atoms with E-state index in [-0.39, 0.29) is 11.8 Å². The maximum absolute atomic E-state index is 10.8. The van der Waals surface area contributed by atoms with E-state index in [1.807, 2.05) is 6.92 Å². The number of carbonyl (C=O) groups excluding carboxylic acids is 1. The van der Waals surface area contributed by atoms with Gasteiger partial charge in [0, 0.05) is 13.5 Å². The second-order valence-corrected chi connectivity index (χ2v) is 2.66. The Hall–Kier alpha value is -1.06. The molecule has 0 aromatic carbocycles. The van der Waals surface area contributed by atoms with Crippen LogP contribution in [0.1, 0.15) is 26.2 Å². The fourth-order valence-corrected chi connectivity index (χ4v) is 0.933. The van der Waals surface area contributed by atoms with Crippen LogP contribution in [-0.2, 0) is 9.59 Å². The molecule has 0 unspecified atom stereocenters. The lowest BCUT2D eigenvalue weighted by Gasteiger charge is -2.07. The van der Waals surface area contributed by atoms with Crippen molar-refractivity contribution in [2.45, 2.75) is 26.2 Å². The molecule has 0 radical (unpaired) electrons. The first-order valence-electron chi connectivity index (χ1n) is 4.05. The van der Waals surface area contributed by atoms with Gasteiger partial charge in [0.15, 0.2) is 0 Å². The van der Waals surface area contributed by atoms with Gasteiger partial charge in [-0.25, -0.2) is 0 Å². The number of carboxylic acid groups (broad SMARTS) is 1. The largest absolute Gasteiger partial charge is 0.481 e. The number of carbonyl (C=O) groups is 2. The van der Waals surface area contributed by atoms with Crippen molar-refractivity contribution < 1.29 is 14.7 Å². The lowest BCUT2D eigenvalue weighted by Crippen LogP contribution is -2.20. The third-order valence-corrected chi connectivity index (χ3v) is 1.84. The molecule has 0 aliphatic heterocycles. The Balaban J connectivity index is 3.73. The van der Waals surface area contributed by atoms with E-state index >= 15 is 0 Å². The molecule has 0 aromatic heterocycles. The quantitative estimate of drug-likeness (QED) is 0.640. The van der Waals surface area contributed by atoms with Gasteiger partial charge in [-0.3, -0.25) is 9.59 Å². The topological polar surface area (TPSA) is 66.4 Å². The molecule has 4 nitrogen and oxygen atoms in total. The van der Waals surface area contributed by atoms with Crippen LogP contribution in [0.2, 0.25) is 0 Å². The molecule has 2 N–H and O–H groups in total. The smallest absolute Gasteiger partial charge is 0.306 e. The third kappa shape index (κ3) is 3.95. The molecule has 0 rings (SSSR count). The van der Waals surface area contributed by atoms with Gasteiger partial charge >= 0.3 is 5.97 Å². The summed E-state index contributed by atoms with van der Waals surface area (Å²) in [6.45, 7) is 1.81. The minimum Gasteiger partial charge on any atom is -0.481 e. The molecule has 0 aliphatic rings. The number of rotatable bonds is 5. The highest BCUT2D eigenvalue weighted by molar-refractivity contribution is 5.76. The Kier molecular flexibility index (Phi) is 5.08. The number of hydrogen-bond donors (Lipinski definition) is 2. The van der Waals surface area contributed by atoms with E-state index in [9.17, 15) is 9.59 Å². The zero-order valence-corrected chi connectivity index (χ0v) is 7.46. The van der Waals surface area contributed by atoms with Crippen molar-refractivity contribution in [3.05, 3.63) is 0 Å². The van der Waals surface area contributed by atoms with E-state index in [0.717, 1.165) is 0 Å². The first-order chi connectivity index (χ1) is 5.61. The van der Waals surface area contributed by atoms with E-state index < -0.39 is 5.97 Å². The fraction of sp³-hybridized carbons (Fsp3) is 0.750. The minimum absolute atomic E-state index is 0.102. The maximum atomic E-state index is 10.8. The van der Waals surface area contributed by atoms with Gasteiger partial charge in [0.25, 0.3) is 0 Å². The van der Waals surface area contributed by atoms with Crippen molar-refractivity contribution >= 4 is 11.9 Å². The summed E-state index contributed by atoms with van der Waals surface area (Å²) in [6.07, 6.45) is 1.29. The molecule has 0 bridgehead atoms. The lowest BCUT2D eigenvalue weighted by atomic mass is 10.0. The Bertz CT molecular complexity index is 168. The van der Waals surface area contributed by atoms with Crippen molar-refractivity contribution in [1.29, 1.82) is 0 Å². The summed E-state index contributed by atoms with van der Waals surface area (Å²) in [7, 11) is 1.55. The van der Waals surface area contributed by atoms with Gasteiger partial charge in [-0.1, -0.05) is 6.92 Å². The molecule has 70 valence electrons. The normalized spacial score (nSPS) is 12.2. The van der Waals surface area contributed by atoms with E-state index in [4.69, 9.17) is 5.11 Å². The molecule has 0 fully saturated rings. The van der Waals surface area contributed by atoms with Crippen LogP contribution in [0.15, 0.2) is 0 Å². The summed E-state index contributed by atoms with van der Waals surface area (Å²) in [5.41, 5.74) is 0. The van der Waals surface area contributed by atoms with Crippen molar-refractivity contribution in [2.24, 2.45) is 5.92 Å². The fourth-order valence-electron chi connectivity index (χ4n) is 0.933. The summed E-state index contributed by atoms with van der Waals surface area (Å²) >= 11 is 0. The maximum Gasteiger partial charge on any atom is 0.306 e. The molecule has 4 heteroatoms. The first kappa shape index (κ1) is 10.9. The summed E-state index contributed by atoms with van der Waals surface area (Å²) in [4.78, 5) is 21.3. The number of nitrogens with one attached hydrogen (secondary N) is 1. The highest BCUT2D eigenvalue weighted by atomic mass is 16.4. The molecule has 0 spiro atoms. The standard InChI is InChI=1S/C8H15NO3/c1-3-6(8(11)12)4-5-7(10)9-2/h6H,3-5H2,1-2H3,(H,9,10)(H,11,12)/t6-/m0/s1. The summed E-state index contributed by atoms with van der Waals surface area (Å²) in [5, 5.41) is 11.1. The van der Waals surface area contributed by atoms with Gasteiger partial charge in [-0.15, -0.1) is 0 Å². The van der Waals surface area contributed by atoms with Crippen LogP contribution in [0.5, 0.6) is 0 Å². The molecule has 0 aromatic rings. The zero-order valence-electron chi connectivity index (χ0n) is 7.46. The molecule has 0 saturated carbocycles. The molecular weight excluding hydrogens is 158 g/mol. The van der Waals surface area contributed by atoms with Crippen LogP contribution >= 0.6 is 0 Å². The van der Waals surface area contributed by atoms with Crippen LogP contribution in [-0.4, -0.2) is 24.0 Å². The average molecular weight is 173 g/mol. The average Bonchev–Trinajstić information content (AvgIpc) is 2.04. The Labute approximate surface area is 72.0 Å².